The molecule has 2 aromatic heterocycles. The highest BCUT2D eigenvalue weighted by molar-refractivity contribution is 7.19. The molecule has 1 atom stereocenters. The zero-order valence-electron chi connectivity index (χ0n) is 14.9. The number of carbonyl (C=O) groups is 1. The van der Waals surface area contributed by atoms with Crippen molar-refractivity contribution in [1.82, 2.24) is 9.88 Å². The smallest absolute Gasteiger partial charge is 0.268 e. The Morgan fingerprint density at radius 3 is 2.89 bits per heavy atom. The van der Waals surface area contributed by atoms with Crippen molar-refractivity contribution in [3.05, 3.63) is 58.1 Å². The van der Waals surface area contributed by atoms with Crippen LogP contribution in [-0.4, -0.2) is 29.7 Å². The number of carbonyl (C=O) groups excluding carboxylic acids is 1. The Hall–Kier alpha value is -2.25. The van der Waals surface area contributed by atoms with Gasteiger partial charge in [0.15, 0.2) is 11.6 Å². The van der Waals surface area contributed by atoms with Crippen molar-refractivity contribution < 1.29 is 18.3 Å². The number of nitrogens with zero attached hydrogens (tertiary/aromatic N) is 1. The Morgan fingerprint density at radius 2 is 2.15 bits per heavy atom. The van der Waals surface area contributed by atoms with Gasteiger partial charge in [-0.1, -0.05) is 6.07 Å². The topological polar surface area (TPSA) is 43.3 Å². The van der Waals surface area contributed by atoms with E-state index in [2.05, 4.69) is 5.32 Å². The lowest BCUT2D eigenvalue weighted by molar-refractivity contribution is 0.0851. The number of rotatable bonds is 5. The number of aryl methyl sites for hydroxylation is 1. The van der Waals surface area contributed by atoms with Crippen molar-refractivity contribution in [1.29, 1.82) is 0 Å². The Morgan fingerprint density at radius 1 is 1.30 bits per heavy atom. The van der Waals surface area contributed by atoms with Gasteiger partial charge in [-0.3, -0.25) is 4.79 Å². The molecule has 27 heavy (non-hydrogen) atoms. The minimum atomic E-state index is -0.887. The van der Waals surface area contributed by atoms with Crippen LogP contribution in [-0.2, 0) is 11.3 Å². The number of thiophene rings is 1. The van der Waals surface area contributed by atoms with Gasteiger partial charge in [0.25, 0.3) is 5.91 Å². The number of hydrogen-bond donors (Lipinski definition) is 1. The predicted octanol–water partition coefficient (Wildman–Crippen LogP) is 4.25. The van der Waals surface area contributed by atoms with Crippen molar-refractivity contribution in [2.45, 2.75) is 32.4 Å². The zero-order chi connectivity index (χ0) is 19.0. The molecule has 3 aromatic rings. The van der Waals surface area contributed by atoms with E-state index in [1.54, 1.807) is 11.3 Å². The number of nitrogens with one attached hydrogen (secondary N) is 1. The second-order valence-electron chi connectivity index (χ2n) is 6.82. The number of amides is 1. The molecule has 0 unspecified atom stereocenters. The Labute approximate surface area is 159 Å². The van der Waals surface area contributed by atoms with Crippen LogP contribution < -0.4 is 5.32 Å². The summed E-state index contributed by atoms with van der Waals surface area (Å²) in [6, 6.07) is 7.70. The lowest BCUT2D eigenvalue weighted by Crippen LogP contribution is -2.33. The third-order valence-corrected chi connectivity index (χ3v) is 5.77. The maximum absolute atomic E-state index is 13.6. The van der Waals surface area contributed by atoms with Crippen molar-refractivity contribution in [2.75, 3.05) is 13.2 Å². The largest absolute Gasteiger partial charge is 0.376 e. The SMILES string of the molecule is Cc1cc2c(cc(C(=O)NC[C@H]3CCCO3)n2Cc2ccc(F)c(F)c2)s1. The zero-order valence-corrected chi connectivity index (χ0v) is 15.7. The molecule has 7 heteroatoms. The molecule has 0 aliphatic carbocycles. The normalized spacial score (nSPS) is 16.9. The molecular weight excluding hydrogens is 370 g/mol. The molecule has 1 amide bonds. The van der Waals surface area contributed by atoms with Gasteiger partial charge in [0.05, 0.1) is 16.3 Å². The van der Waals surface area contributed by atoms with E-state index in [9.17, 15) is 13.6 Å². The molecule has 4 rings (SSSR count). The van der Waals surface area contributed by atoms with Crippen LogP contribution in [0, 0.1) is 18.6 Å². The third-order valence-electron chi connectivity index (χ3n) is 4.78. The van der Waals surface area contributed by atoms with Crippen LogP contribution in [0.5, 0.6) is 0 Å². The van der Waals surface area contributed by atoms with Crippen LogP contribution in [0.25, 0.3) is 10.2 Å². The van der Waals surface area contributed by atoms with E-state index in [1.807, 2.05) is 23.6 Å². The highest BCUT2D eigenvalue weighted by Crippen LogP contribution is 2.29. The van der Waals surface area contributed by atoms with E-state index in [4.69, 9.17) is 4.74 Å². The first-order valence-corrected chi connectivity index (χ1v) is 9.76. The predicted molar refractivity (Wildman–Crippen MR) is 101 cm³/mol. The molecule has 1 aliphatic heterocycles. The minimum Gasteiger partial charge on any atom is -0.376 e. The lowest BCUT2D eigenvalue weighted by Gasteiger charge is -2.13. The molecular formula is C20H20F2N2O2S. The number of benzene rings is 1. The quantitative estimate of drug-likeness (QED) is 0.708. The van der Waals surface area contributed by atoms with Gasteiger partial charge in [0, 0.05) is 24.6 Å². The monoisotopic (exact) mass is 390 g/mol. The van der Waals surface area contributed by atoms with Gasteiger partial charge in [0.2, 0.25) is 0 Å². The summed E-state index contributed by atoms with van der Waals surface area (Å²) in [6.45, 7) is 3.51. The standard InChI is InChI=1S/C20H20F2N2O2S/c1-12-7-17-19(27-12)9-18(20(25)23-10-14-3-2-6-26-14)24(17)11-13-4-5-15(21)16(22)8-13/h4-5,7-9,14H,2-3,6,10-11H2,1H3,(H,23,25)/t14-/m1/s1. The van der Waals surface area contributed by atoms with Gasteiger partial charge in [-0.05, 0) is 49.6 Å². The van der Waals surface area contributed by atoms with E-state index in [0.29, 0.717) is 24.3 Å². The molecule has 0 spiro atoms. The van der Waals surface area contributed by atoms with E-state index in [1.165, 1.54) is 12.1 Å². The molecule has 1 saturated heterocycles. The molecule has 1 fully saturated rings. The first-order chi connectivity index (χ1) is 13.0. The number of hydrogen-bond acceptors (Lipinski definition) is 3. The average molecular weight is 390 g/mol. The Kier molecular flexibility index (Phi) is 4.97. The molecule has 1 N–H and O–H groups in total. The number of fused-ring (bicyclic) bond motifs is 1. The Balaban J connectivity index is 1.63. The highest BCUT2D eigenvalue weighted by Gasteiger charge is 2.21. The fourth-order valence-electron chi connectivity index (χ4n) is 3.45. The number of aromatic nitrogens is 1. The van der Waals surface area contributed by atoms with Crippen molar-refractivity contribution in [3.63, 3.8) is 0 Å². The summed E-state index contributed by atoms with van der Waals surface area (Å²) in [5, 5.41) is 2.94. The van der Waals surface area contributed by atoms with Gasteiger partial charge in [-0.2, -0.15) is 0 Å². The van der Waals surface area contributed by atoms with Crippen molar-refractivity contribution in [3.8, 4) is 0 Å². The van der Waals surface area contributed by atoms with E-state index in [-0.39, 0.29) is 12.0 Å². The number of ether oxygens (including phenoxy) is 1. The summed E-state index contributed by atoms with van der Waals surface area (Å²) < 4.78 is 35.2. The molecule has 0 saturated carbocycles. The summed E-state index contributed by atoms with van der Waals surface area (Å²) in [5.41, 5.74) is 2.03. The fraction of sp³-hybridized carbons (Fsp3) is 0.350. The van der Waals surface area contributed by atoms with Gasteiger partial charge in [-0.15, -0.1) is 11.3 Å². The van der Waals surface area contributed by atoms with Crippen molar-refractivity contribution in [2.24, 2.45) is 0 Å². The second kappa shape index (κ2) is 7.40. The maximum Gasteiger partial charge on any atom is 0.268 e. The molecule has 4 nitrogen and oxygen atoms in total. The minimum absolute atomic E-state index is 0.0620. The van der Waals surface area contributed by atoms with Crippen LogP contribution in [0.15, 0.2) is 30.3 Å². The Bertz CT molecular complexity index is 989. The first-order valence-electron chi connectivity index (χ1n) is 8.94. The maximum atomic E-state index is 13.6. The summed E-state index contributed by atoms with van der Waals surface area (Å²) in [5.74, 6) is -1.95. The first kappa shape index (κ1) is 18.1. The third kappa shape index (κ3) is 3.75. The van der Waals surface area contributed by atoms with Gasteiger partial charge in [-0.25, -0.2) is 8.78 Å². The van der Waals surface area contributed by atoms with E-state index >= 15 is 0 Å². The molecule has 1 aliphatic rings. The molecule has 142 valence electrons. The van der Waals surface area contributed by atoms with Crippen LogP contribution in [0.1, 0.15) is 33.8 Å². The number of halogens is 2. The lowest BCUT2D eigenvalue weighted by atomic mass is 10.2. The summed E-state index contributed by atoms with van der Waals surface area (Å²) >= 11 is 1.60. The van der Waals surface area contributed by atoms with Gasteiger partial charge in [0.1, 0.15) is 5.69 Å². The van der Waals surface area contributed by atoms with Crippen LogP contribution >= 0.6 is 11.3 Å². The summed E-state index contributed by atoms with van der Waals surface area (Å²) in [4.78, 5) is 13.9. The molecule has 0 radical (unpaired) electrons. The fourth-order valence-corrected chi connectivity index (χ4v) is 4.41. The summed E-state index contributed by atoms with van der Waals surface area (Å²) in [6.07, 6.45) is 2.03. The average Bonchev–Trinajstić information content (AvgIpc) is 3.34. The van der Waals surface area contributed by atoms with E-state index in [0.717, 1.165) is 40.6 Å². The second-order valence-corrected chi connectivity index (χ2v) is 8.10. The van der Waals surface area contributed by atoms with E-state index < -0.39 is 11.6 Å². The van der Waals surface area contributed by atoms with Crippen LogP contribution in [0.2, 0.25) is 0 Å². The van der Waals surface area contributed by atoms with Crippen molar-refractivity contribution >= 4 is 27.5 Å². The highest BCUT2D eigenvalue weighted by atomic mass is 32.1. The molecule has 0 bridgehead atoms. The van der Waals surface area contributed by atoms with Gasteiger partial charge < -0.3 is 14.6 Å². The van der Waals surface area contributed by atoms with Crippen LogP contribution in [0.4, 0.5) is 8.78 Å². The molecule has 3 heterocycles. The van der Waals surface area contributed by atoms with Gasteiger partial charge >= 0.3 is 0 Å². The van der Waals surface area contributed by atoms with Crippen LogP contribution in [0.3, 0.4) is 0 Å². The molecule has 1 aromatic carbocycles. The summed E-state index contributed by atoms with van der Waals surface area (Å²) in [7, 11) is 0.